The predicted octanol–water partition coefficient (Wildman–Crippen LogP) is 2.12. The number of amides is 1. The summed E-state index contributed by atoms with van der Waals surface area (Å²) in [5, 5.41) is 0.393. The third kappa shape index (κ3) is 4.21. The van der Waals surface area contributed by atoms with E-state index in [9.17, 15) is 22.8 Å². The Hall–Kier alpha value is -3.17. The summed E-state index contributed by atoms with van der Waals surface area (Å²) in [6, 6.07) is 6.81. The number of hydrogen-bond donors (Lipinski definition) is 0. The molecule has 0 aliphatic carbocycles. The Morgan fingerprint density at radius 2 is 1.96 bits per heavy atom. The molecule has 28 heavy (non-hydrogen) atoms. The molecule has 2 heterocycles. The number of para-hydroxylation sites is 1. The number of benzene rings is 1. The van der Waals surface area contributed by atoms with Crippen LogP contribution in [0.15, 0.2) is 41.5 Å². The molecule has 3 rings (SSSR count). The van der Waals surface area contributed by atoms with Gasteiger partial charge in [0.1, 0.15) is 24.7 Å². The highest BCUT2D eigenvalue weighted by Crippen LogP contribution is 2.18. The first-order chi connectivity index (χ1) is 13.2. The molecule has 7 nitrogen and oxygen atoms in total. The number of aromatic nitrogens is 4. The maximum Gasteiger partial charge on any atom is 0.406 e. The zero-order valence-electron chi connectivity index (χ0n) is 15.3. The monoisotopic (exact) mass is 393 g/mol. The Kier molecular flexibility index (Phi) is 5.21. The lowest BCUT2D eigenvalue weighted by Crippen LogP contribution is -2.35. The maximum atomic E-state index is 12.6. The second kappa shape index (κ2) is 7.45. The molecule has 0 saturated carbocycles. The molecule has 0 aliphatic rings. The van der Waals surface area contributed by atoms with Gasteiger partial charge in [0.25, 0.3) is 5.56 Å². The normalized spacial score (nSPS) is 11.8. The molecule has 0 bridgehead atoms. The number of likely N-dealkylation sites (N-methyl/N-ethyl adjacent to an activating group) is 1. The second-order valence-corrected chi connectivity index (χ2v) is 6.40. The van der Waals surface area contributed by atoms with Crippen LogP contribution in [0.3, 0.4) is 0 Å². The number of hydrogen-bond acceptors (Lipinski definition) is 4. The number of halogens is 3. The molecule has 0 unspecified atom stereocenters. The van der Waals surface area contributed by atoms with E-state index in [-0.39, 0.29) is 24.5 Å². The Labute approximate surface area is 158 Å². The van der Waals surface area contributed by atoms with Gasteiger partial charge in [-0.15, -0.1) is 0 Å². The lowest BCUT2D eigenvalue weighted by atomic mass is 10.2. The van der Waals surface area contributed by atoms with Crippen LogP contribution in [-0.4, -0.2) is 43.1 Å². The fourth-order valence-electron chi connectivity index (χ4n) is 2.85. The van der Waals surface area contributed by atoms with E-state index in [0.717, 1.165) is 4.57 Å². The molecule has 0 saturated heterocycles. The van der Waals surface area contributed by atoms with Gasteiger partial charge in [0.2, 0.25) is 5.91 Å². The number of carbonyl (C=O) groups is 1. The Morgan fingerprint density at radius 1 is 1.25 bits per heavy atom. The fraction of sp³-hybridized carbons (Fsp3) is 0.333. The summed E-state index contributed by atoms with van der Waals surface area (Å²) in [6.45, 7) is 0.0599. The lowest BCUT2D eigenvalue weighted by molar-refractivity contribution is -0.141. The van der Waals surface area contributed by atoms with Crippen molar-refractivity contribution < 1.29 is 18.0 Å². The molecule has 0 spiro atoms. The summed E-state index contributed by atoms with van der Waals surface area (Å²) in [5.74, 6) is 0.0433. The molecule has 1 aromatic carbocycles. The Balaban J connectivity index is 1.78. The maximum absolute atomic E-state index is 12.6. The molecular formula is C18H18F3N5O2. The fourth-order valence-corrected chi connectivity index (χ4v) is 2.85. The van der Waals surface area contributed by atoms with Gasteiger partial charge in [-0.3, -0.25) is 14.2 Å². The van der Waals surface area contributed by atoms with Crippen molar-refractivity contribution in [1.82, 2.24) is 24.0 Å². The van der Waals surface area contributed by atoms with Crippen molar-refractivity contribution in [2.45, 2.75) is 32.7 Å². The number of carbonyl (C=O) groups excluding carboxylic acids is 1. The number of nitrogens with zero attached hydrogens (tertiary/aromatic N) is 5. The van der Waals surface area contributed by atoms with Crippen LogP contribution < -0.4 is 5.56 Å². The lowest BCUT2D eigenvalue weighted by Gasteiger charge is -2.19. The summed E-state index contributed by atoms with van der Waals surface area (Å²) in [4.78, 5) is 34.7. The van der Waals surface area contributed by atoms with Crippen molar-refractivity contribution in [3.05, 3.63) is 58.7 Å². The van der Waals surface area contributed by atoms with E-state index >= 15 is 0 Å². The third-order valence-electron chi connectivity index (χ3n) is 4.30. The van der Waals surface area contributed by atoms with Gasteiger partial charge < -0.3 is 9.47 Å². The molecule has 3 aromatic rings. The molecule has 1 amide bonds. The Bertz CT molecular complexity index is 1070. The smallest absolute Gasteiger partial charge is 0.337 e. The Morgan fingerprint density at radius 3 is 2.68 bits per heavy atom. The standard InChI is InChI=1S/C18H18F3N5O2/c1-12-23-14-6-4-3-5-13(14)17(28)26(12)10-16(27)24(2)9-15-22-7-8-25(15)11-18(19,20)21/h3-8H,9-11H2,1-2H3. The first kappa shape index (κ1) is 19.6. The van der Waals surface area contributed by atoms with Gasteiger partial charge in [-0.25, -0.2) is 9.97 Å². The van der Waals surface area contributed by atoms with Crippen LogP contribution >= 0.6 is 0 Å². The van der Waals surface area contributed by atoms with Crippen molar-refractivity contribution in [2.24, 2.45) is 0 Å². The van der Waals surface area contributed by atoms with Gasteiger partial charge in [0.05, 0.1) is 17.4 Å². The first-order valence-corrected chi connectivity index (χ1v) is 8.42. The zero-order chi connectivity index (χ0) is 20.5. The van der Waals surface area contributed by atoms with Crippen LogP contribution in [-0.2, 0) is 24.4 Å². The summed E-state index contributed by atoms with van der Waals surface area (Å²) >= 11 is 0. The van der Waals surface area contributed by atoms with Crippen molar-refractivity contribution in [2.75, 3.05) is 7.05 Å². The quantitative estimate of drug-likeness (QED) is 0.666. The third-order valence-corrected chi connectivity index (χ3v) is 4.30. The van der Waals surface area contributed by atoms with Gasteiger partial charge in [-0.2, -0.15) is 13.2 Å². The zero-order valence-corrected chi connectivity index (χ0v) is 15.3. The van der Waals surface area contributed by atoms with E-state index < -0.39 is 18.6 Å². The van der Waals surface area contributed by atoms with Crippen LogP contribution in [0.5, 0.6) is 0 Å². The number of aryl methyl sites for hydroxylation is 1. The topological polar surface area (TPSA) is 73.0 Å². The first-order valence-electron chi connectivity index (χ1n) is 8.42. The van der Waals surface area contributed by atoms with Crippen molar-refractivity contribution >= 4 is 16.8 Å². The molecule has 148 valence electrons. The number of imidazole rings is 1. The van der Waals surface area contributed by atoms with Crippen LogP contribution in [0.4, 0.5) is 13.2 Å². The van der Waals surface area contributed by atoms with Crippen molar-refractivity contribution in [1.29, 1.82) is 0 Å². The van der Waals surface area contributed by atoms with Crippen LogP contribution in [0.2, 0.25) is 0 Å². The number of fused-ring (bicyclic) bond motifs is 1. The van der Waals surface area contributed by atoms with Crippen molar-refractivity contribution in [3.63, 3.8) is 0 Å². The second-order valence-electron chi connectivity index (χ2n) is 6.40. The average Bonchev–Trinajstić information content (AvgIpc) is 3.03. The van der Waals surface area contributed by atoms with Crippen molar-refractivity contribution in [3.8, 4) is 0 Å². The summed E-state index contributed by atoms with van der Waals surface area (Å²) in [7, 11) is 1.45. The molecule has 0 aliphatic heterocycles. The van der Waals surface area contributed by atoms with Gasteiger partial charge >= 0.3 is 6.18 Å². The van der Waals surface area contributed by atoms with E-state index in [2.05, 4.69) is 9.97 Å². The predicted molar refractivity (Wildman–Crippen MR) is 95.5 cm³/mol. The minimum absolute atomic E-state index is 0.105. The molecule has 2 aromatic heterocycles. The highest BCUT2D eigenvalue weighted by molar-refractivity contribution is 5.79. The molecular weight excluding hydrogens is 375 g/mol. The van der Waals surface area contributed by atoms with Crippen LogP contribution in [0.1, 0.15) is 11.6 Å². The summed E-state index contributed by atoms with van der Waals surface area (Å²) < 4.78 is 40.1. The van der Waals surface area contributed by atoms with Gasteiger partial charge in [0, 0.05) is 19.4 Å². The highest BCUT2D eigenvalue weighted by atomic mass is 19.4. The van der Waals surface area contributed by atoms with Crippen LogP contribution in [0.25, 0.3) is 10.9 Å². The highest BCUT2D eigenvalue weighted by Gasteiger charge is 2.29. The summed E-state index contributed by atoms with van der Waals surface area (Å²) in [5.41, 5.74) is 0.194. The number of rotatable bonds is 5. The van der Waals surface area contributed by atoms with Gasteiger partial charge in [-0.1, -0.05) is 12.1 Å². The molecule has 0 fully saturated rings. The summed E-state index contributed by atoms with van der Waals surface area (Å²) in [6.07, 6.45) is -1.93. The number of alkyl halides is 3. The minimum atomic E-state index is -4.39. The van der Waals surface area contributed by atoms with Gasteiger partial charge in [0.15, 0.2) is 0 Å². The average molecular weight is 393 g/mol. The minimum Gasteiger partial charge on any atom is -0.337 e. The van der Waals surface area contributed by atoms with E-state index in [1.807, 2.05) is 0 Å². The molecule has 0 N–H and O–H groups in total. The molecule has 10 heteroatoms. The van der Waals surface area contributed by atoms with E-state index in [1.54, 1.807) is 31.2 Å². The van der Waals surface area contributed by atoms with Crippen LogP contribution in [0, 0.1) is 6.92 Å². The van der Waals surface area contributed by atoms with E-state index in [1.165, 1.54) is 28.9 Å². The SMILES string of the molecule is Cc1nc2ccccc2c(=O)n1CC(=O)N(C)Cc1nccn1CC(F)(F)F. The molecule has 0 radical (unpaired) electrons. The van der Waals surface area contributed by atoms with Gasteiger partial charge in [-0.05, 0) is 19.1 Å². The molecule has 0 atom stereocenters. The largest absolute Gasteiger partial charge is 0.406 e. The van der Waals surface area contributed by atoms with E-state index in [4.69, 9.17) is 0 Å². The van der Waals surface area contributed by atoms with E-state index in [0.29, 0.717) is 16.7 Å².